The molecule has 0 heterocycles. The third-order valence-electron chi connectivity index (χ3n) is 7.18. The van der Waals surface area contributed by atoms with Gasteiger partial charge in [-0.05, 0) is 80.3 Å². The van der Waals surface area contributed by atoms with Gasteiger partial charge in [0.15, 0.2) is 6.61 Å². The lowest BCUT2D eigenvalue weighted by Crippen LogP contribution is -2.40. The minimum Gasteiger partial charge on any atom is -0.483 e. The van der Waals surface area contributed by atoms with Crippen LogP contribution in [-0.2, 0) is 14.8 Å². The van der Waals surface area contributed by atoms with Crippen molar-refractivity contribution in [1.29, 1.82) is 0 Å². The Hall–Kier alpha value is -2.91. The molecule has 35 heavy (non-hydrogen) atoms. The summed E-state index contributed by atoms with van der Waals surface area (Å²) in [6, 6.07) is 12.6. The largest absolute Gasteiger partial charge is 0.483 e. The Bertz CT molecular complexity index is 1180. The predicted octanol–water partition coefficient (Wildman–Crippen LogP) is 3.51. The van der Waals surface area contributed by atoms with Crippen molar-refractivity contribution in [1.82, 2.24) is 9.62 Å². The van der Waals surface area contributed by atoms with Crippen LogP contribution in [-0.4, -0.2) is 51.9 Å². The molecule has 0 radical (unpaired) electrons. The van der Waals surface area contributed by atoms with Crippen LogP contribution < -0.4 is 14.8 Å². The minimum atomic E-state index is -3.66. The molecule has 4 atom stereocenters. The fraction of sp³-hybridized carbons (Fsp3) is 0.462. The Balaban J connectivity index is 1.38. The number of anilines is 1. The van der Waals surface area contributed by atoms with E-state index in [-0.39, 0.29) is 29.0 Å². The number of fused-ring (bicyclic) bond motifs is 2. The van der Waals surface area contributed by atoms with E-state index in [0.717, 1.165) is 12.3 Å². The topological polar surface area (TPSA) is 105 Å². The zero-order chi connectivity index (χ0) is 25.2. The number of benzene rings is 2. The summed E-state index contributed by atoms with van der Waals surface area (Å²) < 4.78 is 34.3. The average Bonchev–Trinajstić information content (AvgIpc) is 3.47. The number of hydrogen-bond donors (Lipinski definition) is 2. The molecule has 0 saturated heterocycles. The van der Waals surface area contributed by atoms with Gasteiger partial charge in [0.2, 0.25) is 10.0 Å². The number of rotatable bonds is 9. The van der Waals surface area contributed by atoms with Crippen LogP contribution in [0.4, 0.5) is 5.69 Å². The highest BCUT2D eigenvalue weighted by Crippen LogP contribution is 2.49. The standard InChI is InChI=1S/C26H33N3O5S/c1-17(23-15-18-8-9-19(23)14-18)28-35(32,33)21-12-10-20(11-13-21)27-26(31)22-6-4-5-7-24(22)34-16-25(30)29(2)3/h4-7,10-13,17-19,23,28H,8-9,14-16H2,1-3H3,(H,27,31). The van der Waals surface area contributed by atoms with Gasteiger partial charge in [-0.1, -0.05) is 18.6 Å². The van der Waals surface area contributed by atoms with Gasteiger partial charge in [-0.15, -0.1) is 0 Å². The van der Waals surface area contributed by atoms with Crippen LogP contribution in [0.1, 0.15) is 43.0 Å². The average molecular weight is 500 g/mol. The van der Waals surface area contributed by atoms with Crippen molar-refractivity contribution in [2.45, 2.75) is 43.5 Å². The lowest BCUT2D eigenvalue weighted by molar-refractivity contribution is -0.130. The van der Waals surface area contributed by atoms with Gasteiger partial charge in [0.05, 0.1) is 10.5 Å². The molecule has 2 saturated carbocycles. The number of para-hydroxylation sites is 1. The Labute approximate surface area is 207 Å². The molecule has 2 aliphatic carbocycles. The van der Waals surface area contributed by atoms with Gasteiger partial charge in [-0.25, -0.2) is 13.1 Å². The SMILES string of the molecule is CC(NS(=O)(=O)c1ccc(NC(=O)c2ccccc2OCC(=O)N(C)C)cc1)C1CC2CCC1C2. The number of carbonyl (C=O) groups excluding carboxylic acids is 2. The predicted molar refractivity (Wildman–Crippen MR) is 134 cm³/mol. The van der Waals surface area contributed by atoms with Crippen LogP contribution in [0.5, 0.6) is 5.75 Å². The van der Waals surface area contributed by atoms with Gasteiger partial charge in [0.1, 0.15) is 5.75 Å². The summed E-state index contributed by atoms with van der Waals surface area (Å²) in [4.78, 5) is 26.2. The van der Waals surface area contributed by atoms with Gasteiger partial charge in [-0.3, -0.25) is 9.59 Å². The van der Waals surface area contributed by atoms with E-state index in [9.17, 15) is 18.0 Å². The van der Waals surface area contributed by atoms with Crippen molar-refractivity contribution in [3.05, 3.63) is 54.1 Å². The van der Waals surface area contributed by atoms with Crippen LogP contribution in [0.2, 0.25) is 0 Å². The molecule has 4 unspecified atom stereocenters. The highest BCUT2D eigenvalue weighted by atomic mass is 32.2. The molecule has 2 aromatic carbocycles. The zero-order valence-electron chi connectivity index (χ0n) is 20.4. The van der Waals surface area contributed by atoms with Crippen LogP contribution in [0.3, 0.4) is 0 Å². The van der Waals surface area contributed by atoms with Crippen LogP contribution in [0.15, 0.2) is 53.4 Å². The maximum Gasteiger partial charge on any atom is 0.259 e. The normalized spacial score (nSPS) is 22.0. The summed E-state index contributed by atoms with van der Waals surface area (Å²) in [5, 5.41) is 2.76. The van der Waals surface area contributed by atoms with Crippen LogP contribution in [0.25, 0.3) is 0 Å². The summed E-state index contributed by atoms with van der Waals surface area (Å²) in [5.74, 6) is 1.43. The summed E-state index contributed by atoms with van der Waals surface area (Å²) >= 11 is 0. The number of nitrogens with zero attached hydrogens (tertiary/aromatic N) is 1. The van der Waals surface area contributed by atoms with Crippen molar-refractivity contribution >= 4 is 27.5 Å². The molecule has 9 heteroatoms. The first kappa shape index (κ1) is 25.2. The third-order valence-corrected chi connectivity index (χ3v) is 8.76. The number of sulfonamides is 1. The van der Waals surface area contributed by atoms with Crippen molar-refractivity contribution in [3.63, 3.8) is 0 Å². The summed E-state index contributed by atoms with van der Waals surface area (Å²) in [5.41, 5.74) is 0.728. The van der Waals surface area contributed by atoms with E-state index in [0.29, 0.717) is 23.3 Å². The number of ether oxygens (including phenoxy) is 1. The number of amides is 2. The summed E-state index contributed by atoms with van der Waals surface area (Å²) in [6.07, 6.45) is 4.81. The molecule has 2 bridgehead atoms. The Kier molecular flexibility index (Phi) is 7.47. The number of nitrogens with one attached hydrogen (secondary N) is 2. The molecule has 8 nitrogen and oxygen atoms in total. The highest BCUT2D eigenvalue weighted by molar-refractivity contribution is 7.89. The lowest BCUT2D eigenvalue weighted by Gasteiger charge is -2.28. The van der Waals surface area contributed by atoms with E-state index in [1.54, 1.807) is 50.5 Å². The van der Waals surface area contributed by atoms with Gasteiger partial charge < -0.3 is 15.0 Å². The number of carbonyl (C=O) groups is 2. The second kappa shape index (κ2) is 10.4. The molecule has 2 fully saturated rings. The molecule has 2 aromatic rings. The second-order valence-electron chi connectivity index (χ2n) is 9.80. The Morgan fingerprint density at radius 2 is 1.77 bits per heavy atom. The van der Waals surface area contributed by atoms with Crippen molar-refractivity contribution < 1.29 is 22.7 Å². The zero-order valence-corrected chi connectivity index (χ0v) is 21.2. The molecular formula is C26H33N3O5S. The van der Waals surface area contributed by atoms with Crippen LogP contribution in [0, 0.1) is 17.8 Å². The second-order valence-corrected chi connectivity index (χ2v) is 11.5. The first-order valence-corrected chi connectivity index (χ1v) is 13.5. The fourth-order valence-electron chi connectivity index (χ4n) is 5.27. The molecule has 0 aliphatic heterocycles. The van der Waals surface area contributed by atoms with E-state index in [1.165, 1.54) is 36.3 Å². The van der Waals surface area contributed by atoms with Crippen molar-refractivity contribution in [3.8, 4) is 5.75 Å². The van der Waals surface area contributed by atoms with Crippen molar-refractivity contribution in [2.24, 2.45) is 17.8 Å². The molecule has 2 N–H and O–H groups in total. The Morgan fingerprint density at radius 1 is 1.06 bits per heavy atom. The maximum absolute atomic E-state index is 12.9. The highest BCUT2D eigenvalue weighted by Gasteiger charge is 2.42. The summed E-state index contributed by atoms with van der Waals surface area (Å²) in [7, 11) is -0.404. The van der Waals surface area contributed by atoms with Gasteiger partial charge in [0, 0.05) is 25.8 Å². The van der Waals surface area contributed by atoms with E-state index >= 15 is 0 Å². The van der Waals surface area contributed by atoms with E-state index < -0.39 is 15.9 Å². The molecule has 2 aliphatic rings. The van der Waals surface area contributed by atoms with Crippen molar-refractivity contribution in [2.75, 3.05) is 26.0 Å². The fourth-order valence-corrected chi connectivity index (χ4v) is 6.57. The lowest BCUT2D eigenvalue weighted by atomic mass is 9.84. The van der Waals surface area contributed by atoms with Gasteiger partial charge in [0.25, 0.3) is 11.8 Å². The van der Waals surface area contributed by atoms with E-state index in [1.807, 2.05) is 6.92 Å². The smallest absolute Gasteiger partial charge is 0.259 e. The maximum atomic E-state index is 12.9. The molecule has 0 aromatic heterocycles. The first-order valence-electron chi connectivity index (χ1n) is 12.0. The molecule has 4 rings (SSSR count). The van der Waals surface area contributed by atoms with E-state index in [2.05, 4.69) is 10.0 Å². The summed E-state index contributed by atoms with van der Waals surface area (Å²) in [6.45, 7) is 1.78. The van der Waals surface area contributed by atoms with Crippen LogP contribution >= 0.6 is 0 Å². The quantitative estimate of drug-likeness (QED) is 0.549. The molecular weight excluding hydrogens is 466 g/mol. The minimum absolute atomic E-state index is 0.106. The molecule has 2 amide bonds. The first-order chi connectivity index (χ1) is 16.6. The number of hydrogen-bond acceptors (Lipinski definition) is 5. The molecule has 0 spiro atoms. The van der Waals surface area contributed by atoms with Gasteiger partial charge in [-0.2, -0.15) is 0 Å². The van der Waals surface area contributed by atoms with E-state index in [4.69, 9.17) is 4.74 Å². The number of likely N-dealkylation sites (N-methyl/N-ethyl adjacent to an activating group) is 1. The molecule has 188 valence electrons. The third kappa shape index (κ3) is 5.85. The van der Waals surface area contributed by atoms with Gasteiger partial charge >= 0.3 is 0 Å². The Morgan fingerprint density at radius 3 is 2.40 bits per heavy atom. The monoisotopic (exact) mass is 499 g/mol.